The van der Waals surface area contributed by atoms with Gasteiger partial charge in [0.2, 0.25) is 0 Å². The lowest BCUT2D eigenvalue weighted by atomic mass is 9.66. The van der Waals surface area contributed by atoms with E-state index < -0.39 is 12.1 Å². The maximum absolute atomic E-state index is 13.7. The highest BCUT2D eigenvalue weighted by Crippen LogP contribution is 2.56. The number of fused-ring (bicyclic) bond motifs is 4. The Kier molecular flexibility index (Phi) is 11.6. The largest absolute Gasteiger partial charge is 0.875 e. The fourth-order valence-corrected chi connectivity index (χ4v) is 9.24. The summed E-state index contributed by atoms with van der Waals surface area (Å²) in [7, 11) is 0. The molecule has 6 N–H and O–H groups in total. The van der Waals surface area contributed by atoms with Gasteiger partial charge in [0.05, 0.1) is 24.9 Å². The second kappa shape index (κ2) is 16.7. The van der Waals surface area contributed by atoms with Crippen LogP contribution in [-0.2, 0) is 17.6 Å². The van der Waals surface area contributed by atoms with E-state index in [1.54, 1.807) is 24.4 Å². The van der Waals surface area contributed by atoms with Gasteiger partial charge < -0.3 is 31.5 Å². The molecule has 2 fully saturated rings. The molecule has 3 aromatic rings. The lowest BCUT2D eigenvalue weighted by Crippen LogP contribution is -2.29. The maximum Gasteiger partial charge on any atom is 0.161 e. The summed E-state index contributed by atoms with van der Waals surface area (Å²) >= 11 is 0. The Labute approximate surface area is 324 Å². The van der Waals surface area contributed by atoms with Crippen LogP contribution in [0.3, 0.4) is 0 Å². The topological polar surface area (TPSA) is 154 Å². The molecule has 2 bridgehead atoms. The standard InChI is InChI=1S/C47H53N3O5/c1-2-4-35-12-7-32-17-21-47(35,29-32)22-18-36(51)13-8-30-10-16-43(53)45(26-30)55-24-20-31-9-15-42(52)40(25-31)39-28-44(54)38-19-23-50-41(38)6-3-5-33-27-34(46(48)49)11-14-37(33)39/h9-11,14-16,18-19,22-23,25-27,32,35,39,46,52-54H,2,4,6-8,12-13,17,20-21,24,28-29,48-49H2,1H3/p-1. The van der Waals surface area contributed by atoms with Crippen LogP contribution in [0, 0.1) is 29.1 Å². The average molecular weight is 739 g/mol. The lowest BCUT2D eigenvalue weighted by molar-refractivity contribution is -0.307. The summed E-state index contributed by atoms with van der Waals surface area (Å²) in [6.45, 7) is 2.52. The summed E-state index contributed by atoms with van der Waals surface area (Å²) in [5.41, 5.74) is 18.0. The van der Waals surface area contributed by atoms with Gasteiger partial charge in [-0.1, -0.05) is 68.0 Å². The van der Waals surface area contributed by atoms with Crippen LogP contribution in [0.1, 0.15) is 117 Å². The van der Waals surface area contributed by atoms with E-state index in [9.17, 15) is 20.1 Å². The van der Waals surface area contributed by atoms with Crippen molar-refractivity contribution in [1.29, 1.82) is 0 Å². The first-order chi connectivity index (χ1) is 26.6. The predicted molar refractivity (Wildman–Crippen MR) is 214 cm³/mol. The number of phenolic OH excluding ortho intramolecular Hbond substituents is 2. The molecule has 8 heteroatoms. The number of hydrogen-bond donors (Lipinski definition) is 4. The quantitative estimate of drug-likeness (QED) is 0.0802. The van der Waals surface area contributed by atoms with Gasteiger partial charge in [-0.2, -0.15) is 0 Å². The molecule has 3 aliphatic carbocycles. The van der Waals surface area contributed by atoms with Crippen molar-refractivity contribution in [3.8, 4) is 29.1 Å². The normalized spacial score (nSPS) is 23.0. The van der Waals surface area contributed by atoms with Crippen LogP contribution in [0.25, 0.3) is 0 Å². The smallest absolute Gasteiger partial charge is 0.161 e. The minimum absolute atomic E-state index is 0.0335. The second-order valence-corrected chi connectivity index (χ2v) is 15.8. The van der Waals surface area contributed by atoms with Crippen LogP contribution in [-0.4, -0.2) is 28.3 Å². The molecule has 7 rings (SSSR count). The Morgan fingerprint density at radius 2 is 1.85 bits per heavy atom. The minimum atomic E-state index is -0.688. The molecule has 0 saturated heterocycles. The van der Waals surface area contributed by atoms with E-state index >= 15 is 0 Å². The third-order valence-electron chi connectivity index (χ3n) is 12.3. The van der Waals surface area contributed by atoms with Crippen molar-refractivity contribution in [1.82, 2.24) is 0 Å². The van der Waals surface area contributed by atoms with Crippen molar-refractivity contribution >= 4 is 11.5 Å². The van der Waals surface area contributed by atoms with Crippen molar-refractivity contribution < 1.29 is 24.9 Å². The monoisotopic (exact) mass is 738 g/mol. The van der Waals surface area contributed by atoms with Crippen molar-refractivity contribution in [2.75, 3.05) is 6.61 Å². The Balaban J connectivity index is 1.03. The lowest BCUT2D eigenvalue weighted by Gasteiger charge is -2.39. The maximum atomic E-state index is 13.7. The summed E-state index contributed by atoms with van der Waals surface area (Å²) < 4.78 is 6.09. The molecule has 2 saturated carbocycles. The predicted octanol–water partition coefficient (Wildman–Crippen LogP) is 7.55. The molecule has 1 heterocycles. The molecule has 4 atom stereocenters. The first-order valence-electron chi connectivity index (χ1n) is 19.9. The number of aromatic hydroxyl groups is 2. The zero-order valence-corrected chi connectivity index (χ0v) is 31.7. The van der Waals surface area contributed by atoms with Gasteiger partial charge in [-0.15, -0.1) is 5.76 Å². The minimum Gasteiger partial charge on any atom is -0.875 e. The van der Waals surface area contributed by atoms with Gasteiger partial charge >= 0.3 is 0 Å². The van der Waals surface area contributed by atoms with Crippen molar-refractivity contribution in [2.24, 2.45) is 33.7 Å². The zero-order valence-electron chi connectivity index (χ0n) is 31.7. The van der Waals surface area contributed by atoms with Gasteiger partial charge in [0.15, 0.2) is 17.3 Å². The number of aryl methyl sites for hydroxylation is 1. The number of ketones is 1. The molecule has 0 amide bonds. The van der Waals surface area contributed by atoms with Crippen LogP contribution in [0.2, 0.25) is 0 Å². The molecule has 3 aromatic carbocycles. The molecule has 0 radical (unpaired) electrons. The fraction of sp³-hybridized carbons (Fsp3) is 0.404. The van der Waals surface area contributed by atoms with Gasteiger partial charge in [0, 0.05) is 36.1 Å². The fourth-order valence-electron chi connectivity index (χ4n) is 9.24. The molecular formula is C47H52N3O5-. The zero-order chi connectivity index (χ0) is 38.5. The number of carbonyl (C=O) groups excluding carboxylic acids is 1. The molecule has 0 spiro atoms. The van der Waals surface area contributed by atoms with E-state index in [4.69, 9.17) is 16.2 Å². The van der Waals surface area contributed by atoms with Crippen LogP contribution < -0.4 is 21.3 Å². The first-order valence-corrected chi connectivity index (χ1v) is 19.9. The number of carbonyl (C=O) groups is 1. The third kappa shape index (κ3) is 8.59. The number of nitrogens with zero attached hydrogens (tertiary/aromatic N) is 1. The van der Waals surface area contributed by atoms with Gasteiger partial charge in [-0.3, -0.25) is 9.79 Å². The molecule has 4 aliphatic rings. The first kappa shape index (κ1) is 38.2. The summed E-state index contributed by atoms with van der Waals surface area (Å²) in [6, 6.07) is 16.2. The van der Waals surface area contributed by atoms with Crippen molar-refractivity contribution in [3.63, 3.8) is 0 Å². The molecule has 0 aromatic heterocycles. The van der Waals surface area contributed by atoms with Gasteiger partial charge in [0.25, 0.3) is 0 Å². The van der Waals surface area contributed by atoms with E-state index in [0.29, 0.717) is 59.8 Å². The van der Waals surface area contributed by atoms with Crippen molar-refractivity contribution in [2.45, 2.75) is 96.1 Å². The van der Waals surface area contributed by atoms with Crippen molar-refractivity contribution in [3.05, 3.63) is 124 Å². The third-order valence-corrected chi connectivity index (χ3v) is 12.3. The number of hydrogen-bond acceptors (Lipinski definition) is 8. The number of aliphatic imine (C=N–C) groups is 1. The Morgan fingerprint density at radius 3 is 2.67 bits per heavy atom. The van der Waals surface area contributed by atoms with E-state index in [2.05, 4.69) is 29.8 Å². The number of phenols is 2. The Bertz CT molecular complexity index is 2120. The summed E-state index contributed by atoms with van der Waals surface area (Å²) in [5.74, 6) is 7.94. The van der Waals surface area contributed by atoms with Crippen LogP contribution in [0.5, 0.6) is 17.2 Å². The highest BCUT2D eigenvalue weighted by molar-refractivity contribution is 6.06. The van der Waals surface area contributed by atoms with Gasteiger partial charge in [-0.25, -0.2) is 0 Å². The highest BCUT2D eigenvalue weighted by atomic mass is 16.5. The molecular weight excluding hydrogens is 687 g/mol. The van der Waals surface area contributed by atoms with Gasteiger partial charge in [0.1, 0.15) is 5.75 Å². The number of allylic oxidation sites excluding steroid dienone is 5. The molecule has 8 nitrogen and oxygen atoms in total. The molecule has 4 unspecified atom stereocenters. The van der Waals surface area contributed by atoms with Crippen LogP contribution in [0.4, 0.5) is 0 Å². The number of nitrogens with two attached hydrogens (primary N) is 2. The van der Waals surface area contributed by atoms with Crippen LogP contribution >= 0.6 is 0 Å². The van der Waals surface area contributed by atoms with Crippen LogP contribution in [0.15, 0.2) is 95.3 Å². The molecule has 1 aliphatic heterocycles. The number of ether oxygens (including phenoxy) is 1. The van der Waals surface area contributed by atoms with E-state index in [1.807, 2.05) is 48.5 Å². The molecule has 286 valence electrons. The Morgan fingerprint density at radius 1 is 1.04 bits per heavy atom. The molecule has 55 heavy (non-hydrogen) atoms. The number of rotatable bonds is 13. The number of benzene rings is 3. The van der Waals surface area contributed by atoms with E-state index in [-0.39, 0.29) is 41.5 Å². The van der Waals surface area contributed by atoms with E-state index in [1.165, 1.54) is 44.9 Å². The highest BCUT2D eigenvalue weighted by Gasteiger charge is 2.46. The SMILES string of the molecule is CCCC1CCC2CCC1(C=CC(=O)CCc1ccc(O)c(OCCc3ccc(O)c(C4CC([O-])=C5C=CN=C5CC#Cc5cc(C(N)N)ccc54)c3)c1)C2. The van der Waals surface area contributed by atoms with Gasteiger partial charge in [-0.05, 0) is 126 Å². The second-order valence-electron chi connectivity index (χ2n) is 15.8. The summed E-state index contributed by atoms with van der Waals surface area (Å²) in [6.07, 6.45) is 17.4. The summed E-state index contributed by atoms with van der Waals surface area (Å²) in [5, 5.41) is 35.6. The van der Waals surface area contributed by atoms with E-state index in [0.717, 1.165) is 28.2 Å². The summed E-state index contributed by atoms with van der Waals surface area (Å²) in [4.78, 5) is 17.4. The Hall–Kier alpha value is -5.10. The average Bonchev–Trinajstić information content (AvgIpc) is 3.80.